The fraction of sp³-hybridized carbons (Fsp3) is 0.308. The molecule has 17 heavy (non-hydrogen) atoms. The Labute approximate surface area is 101 Å². The molecule has 0 saturated heterocycles. The minimum absolute atomic E-state index is 0.472. The van der Waals surface area contributed by atoms with Gasteiger partial charge in [0.1, 0.15) is 18.1 Å². The highest BCUT2D eigenvalue weighted by molar-refractivity contribution is 5.32. The molecule has 0 N–H and O–H groups in total. The van der Waals surface area contributed by atoms with Crippen LogP contribution in [0.4, 0.5) is 0 Å². The molecule has 0 aliphatic rings. The molecule has 0 spiro atoms. The first-order valence-electron chi connectivity index (χ1n) is 5.59. The molecule has 4 nitrogen and oxygen atoms in total. The maximum Gasteiger partial charge on any atom is 0.132 e. The Morgan fingerprint density at radius 1 is 1.29 bits per heavy atom. The Morgan fingerprint density at radius 3 is 2.82 bits per heavy atom. The first-order chi connectivity index (χ1) is 8.31. The third-order valence-electron chi connectivity index (χ3n) is 2.48. The van der Waals surface area contributed by atoms with Crippen LogP contribution in [0.1, 0.15) is 12.6 Å². The van der Waals surface area contributed by atoms with Crippen LogP contribution in [0.3, 0.4) is 0 Å². The highest BCUT2D eigenvalue weighted by atomic mass is 16.5. The number of rotatable bonds is 5. The minimum atomic E-state index is 0.472. The van der Waals surface area contributed by atoms with Crippen LogP contribution in [0.25, 0.3) is 0 Å². The summed E-state index contributed by atoms with van der Waals surface area (Å²) in [5.41, 5.74) is 0.926. The van der Waals surface area contributed by atoms with Gasteiger partial charge < -0.3 is 14.0 Å². The monoisotopic (exact) mass is 232 g/mol. The smallest absolute Gasteiger partial charge is 0.132 e. The topological polar surface area (TPSA) is 36.3 Å². The Bertz CT molecular complexity index is 480. The van der Waals surface area contributed by atoms with Gasteiger partial charge in [0.25, 0.3) is 0 Å². The van der Waals surface area contributed by atoms with Gasteiger partial charge in [0.05, 0.1) is 19.1 Å². The first kappa shape index (κ1) is 11.5. The molecule has 0 aliphatic carbocycles. The van der Waals surface area contributed by atoms with Crippen molar-refractivity contribution < 1.29 is 9.47 Å². The lowest BCUT2D eigenvalue weighted by Crippen LogP contribution is -1.96. The molecular weight excluding hydrogens is 216 g/mol. The summed E-state index contributed by atoms with van der Waals surface area (Å²) in [4.78, 5) is 4.25. The summed E-state index contributed by atoms with van der Waals surface area (Å²) in [6, 6.07) is 7.55. The van der Waals surface area contributed by atoms with Crippen molar-refractivity contribution in [3.05, 3.63) is 42.5 Å². The van der Waals surface area contributed by atoms with Crippen molar-refractivity contribution in [2.45, 2.75) is 20.1 Å². The number of aryl methyl sites for hydroxylation is 1. The molecular formula is C13H16N2O2. The Hall–Kier alpha value is -1.97. The summed E-state index contributed by atoms with van der Waals surface area (Å²) >= 11 is 0. The predicted molar refractivity (Wildman–Crippen MR) is 65.2 cm³/mol. The number of aromatic nitrogens is 2. The molecule has 1 heterocycles. The first-order valence-corrected chi connectivity index (χ1v) is 5.59. The lowest BCUT2D eigenvalue weighted by molar-refractivity contribution is 0.299. The zero-order valence-electron chi connectivity index (χ0n) is 10.1. The summed E-state index contributed by atoms with van der Waals surface area (Å²) < 4.78 is 12.8. The van der Waals surface area contributed by atoms with Gasteiger partial charge in [-0.2, -0.15) is 0 Å². The molecule has 90 valence electrons. The number of benzene rings is 1. The molecule has 0 atom stereocenters. The van der Waals surface area contributed by atoms with Crippen molar-refractivity contribution in [1.82, 2.24) is 9.55 Å². The quantitative estimate of drug-likeness (QED) is 0.794. The molecule has 4 heteroatoms. The Balaban J connectivity index is 1.96. The maximum atomic E-state index is 5.64. The molecule has 0 fully saturated rings. The van der Waals surface area contributed by atoms with Gasteiger partial charge in [0.15, 0.2) is 0 Å². The second kappa shape index (κ2) is 5.39. The zero-order chi connectivity index (χ0) is 12.1. The van der Waals surface area contributed by atoms with Gasteiger partial charge in [0.2, 0.25) is 0 Å². The van der Waals surface area contributed by atoms with Gasteiger partial charge in [-0.15, -0.1) is 0 Å². The van der Waals surface area contributed by atoms with E-state index in [4.69, 9.17) is 9.47 Å². The van der Waals surface area contributed by atoms with Gasteiger partial charge >= 0.3 is 0 Å². The SMILES string of the molecule is CCn1cnc(COc2cccc(OC)c2)c1. The van der Waals surface area contributed by atoms with Crippen molar-refractivity contribution >= 4 is 0 Å². The van der Waals surface area contributed by atoms with Crippen LogP contribution in [0, 0.1) is 0 Å². The number of nitrogens with zero attached hydrogens (tertiary/aromatic N) is 2. The standard InChI is InChI=1S/C13H16N2O2/c1-3-15-8-11(14-10-15)9-17-13-6-4-5-12(7-13)16-2/h4-8,10H,3,9H2,1-2H3. The van der Waals surface area contributed by atoms with Crippen LogP contribution in [0.5, 0.6) is 11.5 Å². The van der Waals surface area contributed by atoms with Crippen LogP contribution in [0.15, 0.2) is 36.8 Å². The van der Waals surface area contributed by atoms with E-state index >= 15 is 0 Å². The lowest BCUT2D eigenvalue weighted by atomic mass is 10.3. The molecule has 0 amide bonds. The third kappa shape index (κ3) is 3.00. The van der Waals surface area contributed by atoms with Crippen LogP contribution in [-0.4, -0.2) is 16.7 Å². The summed E-state index contributed by atoms with van der Waals surface area (Å²) in [6.45, 7) is 3.47. The van der Waals surface area contributed by atoms with Crippen molar-refractivity contribution in [1.29, 1.82) is 0 Å². The number of ether oxygens (including phenoxy) is 2. The van der Waals surface area contributed by atoms with E-state index in [2.05, 4.69) is 11.9 Å². The second-order valence-electron chi connectivity index (χ2n) is 3.66. The van der Waals surface area contributed by atoms with Crippen molar-refractivity contribution in [2.24, 2.45) is 0 Å². The van der Waals surface area contributed by atoms with Crippen LogP contribution < -0.4 is 9.47 Å². The highest BCUT2D eigenvalue weighted by Gasteiger charge is 2.00. The lowest BCUT2D eigenvalue weighted by Gasteiger charge is -2.05. The molecule has 2 rings (SSSR count). The van der Waals surface area contributed by atoms with Crippen molar-refractivity contribution in [3.63, 3.8) is 0 Å². The van der Waals surface area contributed by atoms with Crippen LogP contribution in [-0.2, 0) is 13.2 Å². The van der Waals surface area contributed by atoms with Crippen molar-refractivity contribution in [3.8, 4) is 11.5 Å². The van der Waals surface area contributed by atoms with Gasteiger partial charge in [-0.3, -0.25) is 0 Å². The van der Waals surface area contributed by atoms with Gasteiger partial charge in [0, 0.05) is 18.8 Å². The van der Waals surface area contributed by atoms with E-state index in [9.17, 15) is 0 Å². The van der Waals surface area contributed by atoms with Gasteiger partial charge in [-0.25, -0.2) is 4.98 Å². The summed E-state index contributed by atoms with van der Waals surface area (Å²) in [5.74, 6) is 1.58. The maximum absolute atomic E-state index is 5.64. The van der Waals surface area contributed by atoms with E-state index in [0.717, 1.165) is 23.7 Å². The molecule has 0 radical (unpaired) electrons. The van der Waals surface area contributed by atoms with E-state index in [1.54, 1.807) is 7.11 Å². The summed E-state index contributed by atoms with van der Waals surface area (Å²) in [7, 11) is 1.64. The molecule has 0 bridgehead atoms. The Morgan fingerprint density at radius 2 is 2.12 bits per heavy atom. The van der Waals surface area contributed by atoms with Crippen LogP contribution >= 0.6 is 0 Å². The third-order valence-corrected chi connectivity index (χ3v) is 2.48. The predicted octanol–water partition coefficient (Wildman–Crippen LogP) is 2.49. The number of hydrogen-bond donors (Lipinski definition) is 0. The fourth-order valence-electron chi connectivity index (χ4n) is 1.50. The second-order valence-corrected chi connectivity index (χ2v) is 3.66. The Kier molecular flexibility index (Phi) is 3.65. The summed E-state index contributed by atoms with van der Waals surface area (Å²) in [5, 5.41) is 0. The fourth-order valence-corrected chi connectivity index (χ4v) is 1.50. The van der Waals surface area contributed by atoms with E-state index < -0.39 is 0 Å². The van der Waals surface area contributed by atoms with Crippen LogP contribution in [0.2, 0.25) is 0 Å². The number of methoxy groups -OCH3 is 1. The number of imidazole rings is 1. The van der Waals surface area contributed by atoms with E-state index in [1.807, 2.05) is 41.4 Å². The average Bonchev–Trinajstić information content (AvgIpc) is 2.84. The average molecular weight is 232 g/mol. The normalized spacial score (nSPS) is 10.2. The van der Waals surface area contributed by atoms with Gasteiger partial charge in [-0.05, 0) is 19.1 Å². The molecule has 0 saturated carbocycles. The van der Waals surface area contributed by atoms with Crippen molar-refractivity contribution in [2.75, 3.05) is 7.11 Å². The number of hydrogen-bond acceptors (Lipinski definition) is 3. The van der Waals surface area contributed by atoms with E-state index in [1.165, 1.54) is 0 Å². The minimum Gasteiger partial charge on any atom is -0.497 e. The molecule has 1 aromatic heterocycles. The highest BCUT2D eigenvalue weighted by Crippen LogP contribution is 2.19. The summed E-state index contributed by atoms with van der Waals surface area (Å²) in [6.07, 6.45) is 3.80. The molecule has 0 aliphatic heterocycles. The van der Waals surface area contributed by atoms with Gasteiger partial charge in [-0.1, -0.05) is 6.07 Å². The molecule has 2 aromatic rings. The molecule has 0 unspecified atom stereocenters. The largest absolute Gasteiger partial charge is 0.497 e. The van der Waals surface area contributed by atoms with E-state index in [0.29, 0.717) is 6.61 Å². The zero-order valence-corrected chi connectivity index (χ0v) is 10.1. The van der Waals surface area contributed by atoms with E-state index in [-0.39, 0.29) is 0 Å². The molecule has 1 aromatic carbocycles.